The summed E-state index contributed by atoms with van der Waals surface area (Å²) < 4.78 is 64.8. The van der Waals surface area contributed by atoms with Crippen LogP contribution < -0.4 is 4.83 Å². The molecule has 1 N–H and O–H groups in total. The monoisotopic (exact) mass is 401 g/mol. The molecule has 26 heavy (non-hydrogen) atoms. The van der Waals surface area contributed by atoms with Crippen molar-refractivity contribution in [1.82, 2.24) is 9.66 Å². The average Bonchev–Trinajstić information content (AvgIpc) is 2.99. The lowest BCUT2D eigenvalue weighted by Gasteiger charge is -2.11. The third-order valence-electron chi connectivity index (χ3n) is 3.35. The third kappa shape index (κ3) is 3.83. The van der Waals surface area contributed by atoms with Crippen molar-refractivity contribution in [1.29, 1.82) is 0 Å². The Bertz CT molecular complexity index is 1030. The SMILES string of the molecule is O=S(=O)(Nn1cc(C(F)(F)F)nc1-c1cccc(Cl)c1)c1ccccc1. The van der Waals surface area contributed by atoms with E-state index in [0.717, 1.165) is 4.68 Å². The molecule has 0 saturated heterocycles. The summed E-state index contributed by atoms with van der Waals surface area (Å²) in [7, 11) is -4.11. The van der Waals surface area contributed by atoms with E-state index in [1.54, 1.807) is 6.07 Å². The van der Waals surface area contributed by atoms with Crippen LogP contribution in [0.3, 0.4) is 0 Å². The lowest BCUT2D eigenvalue weighted by molar-refractivity contribution is -0.140. The molecule has 0 aliphatic heterocycles. The van der Waals surface area contributed by atoms with Gasteiger partial charge in [-0.05, 0) is 24.3 Å². The summed E-state index contributed by atoms with van der Waals surface area (Å²) >= 11 is 5.87. The van der Waals surface area contributed by atoms with Crippen LogP contribution in [-0.2, 0) is 16.2 Å². The molecule has 0 radical (unpaired) electrons. The summed E-state index contributed by atoms with van der Waals surface area (Å²) in [5, 5.41) is 0.275. The molecule has 0 aliphatic rings. The fourth-order valence-electron chi connectivity index (χ4n) is 2.20. The zero-order valence-corrected chi connectivity index (χ0v) is 14.5. The summed E-state index contributed by atoms with van der Waals surface area (Å²) in [5.41, 5.74) is -1.01. The number of hydrogen-bond donors (Lipinski definition) is 1. The van der Waals surface area contributed by atoms with Crippen LogP contribution in [0.4, 0.5) is 13.2 Å². The molecule has 0 atom stereocenters. The van der Waals surface area contributed by atoms with E-state index in [0.29, 0.717) is 6.20 Å². The topological polar surface area (TPSA) is 64.0 Å². The van der Waals surface area contributed by atoms with Gasteiger partial charge in [0.2, 0.25) is 0 Å². The molecular weight excluding hydrogens is 391 g/mol. The van der Waals surface area contributed by atoms with Gasteiger partial charge in [0.1, 0.15) is 0 Å². The number of benzene rings is 2. The van der Waals surface area contributed by atoms with E-state index in [1.165, 1.54) is 48.5 Å². The highest BCUT2D eigenvalue weighted by atomic mass is 35.5. The van der Waals surface area contributed by atoms with Gasteiger partial charge in [0, 0.05) is 10.6 Å². The van der Waals surface area contributed by atoms with Crippen molar-refractivity contribution in [3.63, 3.8) is 0 Å². The van der Waals surface area contributed by atoms with E-state index in [4.69, 9.17) is 11.6 Å². The van der Waals surface area contributed by atoms with E-state index in [-0.39, 0.29) is 21.3 Å². The highest BCUT2D eigenvalue weighted by Gasteiger charge is 2.35. The first-order chi connectivity index (χ1) is 12.2. The molecule has 5 nitrogen and oxygen atoms in total. The van der Waals surface area contributed by atoms with Crippen LogP contribution in [0.1, 0.15) is 5.69 Å². The van der Waals surface area contributed by atoms with Crippen molar-refractivity contribution in [3.8, 4) is 11.4 Å². The Balaban J connectivity index is 2.10. The number of hydrogen-bond acceptors (Lipinski definition) is 3. The maximum Gasteiger partial charge on any atom is 0.434 e. The van der Waals surface area contributed by atoms with E-state index < -0.39 is 21.9 Å². The second-order valence-electron chi connectivity index (χ2n) is 5.24. The molecule has 0 bridgehead atoms. The minimum Gasteiger partial charge on any atom is -0.233 e. The van der Waals surface area contributed by atoms with E-state index in [1.807, 2.05) is 0 Å². The number of aromatic nitrogens is 2. The Morgan fingerprint density at radius 1 is 1.04 bits per heavy atom. The van der Waals surface area contributed by atoms with Crippen molar-refractivity contribution in [3.05, 3.63) is 71.5 Å². The molecule has 2 aromatic carbocycles. The lowest BCUT2D eigenvalue weighted by atomic mass is 10.2. The van der Waals surface area contributed by atoms with Crippen LogP contribution in [0, 0.1) is 0 Å². The molecule has 0 aliphatic carbocycles. The minimum absolute atomic E-state index is 0.0979. The molecule has 0 unspecified atom stereocenters. The van der Waals surface area contributed by atoms with Gasteiger partial charge in [-0.3, -0.25) is 0 Å². The fourth-order valence-corrected chi connectivity index (χ4v) is 3.41. The molecule has 0 spiro atoms. The van der Waals surface area contributed by atoms with Gasteiger partial charge in [0.15, 0.2) is 11.5 Å². The van der Waals surface area contributed by atoms with Gasteiger partial charge >= 0.3 is 6.18 Å². The van der Waals surface area contributed by atoms with Crippen LogP contribution >= 0.6 is 11.6 Å². The number of rotatable bonds is 4. The molecule has 136 valence electrons. The molecular formula is C16H11ClF3N3O2S. The standard InChI is InChI=1S/C16H11ClF3N3O2S/c17-12-6-4-5-11(9-12)15-21-14(16(18,19)20)10-23(15)22-26(24,25)13-7-2-1-3-8-13/h1-10,22H. The second kappa shape index (κ2) is 6.65. The Morgan fingerprint density at radius 3 is 2.35 bits per heavy atom. The highest BCUT2D eigenvalue weighted by Crippen LogP contribution is 2.31. The Hall–Kier alpha value is -2.52. The number of halogens is 4. The van der Waals surface area contributed by atoms with Crippen LogP contribution in [0.5, 0.6) is 0 Å². The Morgan fingerprint density at radius 2 is 1.73 bits per heavy atom. The van der Waals surface area contributed by atoms with Crippen molar-refractivity contribution in [2.45, 2.75) is 11.1 Å². The van der Waals surface area contributed by atoms with Gasteiger partial charge < -0.3 is 0 Å². The van der Waals surface area contributed by atoms with E-state index >= 15 is 0 Å². The highest BCUT2D eigenvalue weighted by molar-refractivity contribution is 7.92. The number of nitrogens with one attached hydrogen (secondary N) is 1. The van der Waals surface area contributed by atoms with E-state index in [9.17, 15) is 21.6 Å². The summed E-state index contributed by atoms with van der Waals surface area (Å²) in [5.74, 6) is -0.237. The smallest absolute Gasteiger partial charge is 0.233 e. The number of alkyl halides is 3. The molecule has 0 amide bonds. The molecule has 3 aromatic rings. The first-order valence-corrected chi connectivity index (χ1v) is 9.03. The van der Waals surface area contributed by atoms with Gasteiger partial charge in [0.05, 0.1) is 11.1 Å². The summed E-state index contributed by atoms with van der Waals surface area (Å²) in [6.45, 7) is 0. The van der Waals surface area contributed by atoms with Crippen LogP contribution in [0.15, 0.2) is 65.7 Å². The molecule has 0 fully saturated rings. The van der Waals surface area contributed by atoms with Crippen molar-refractivity contribution in [2.24, 2.45) is 0 Å². The van der Waals surface area contributed by atoms with Crippen molar-refractivity contribution >= 4 is 21.6 Å². The van der Waals surface area contributed by atoms with Crippen molar-refractivity contribution < 1.29 is 21.6 Å². The molecule has 3 rings (SSSR count). The quantitative estimate of drug-likeness (QED) is 0.714. The Kier molecular flexibility index (Phi) is 4.68. The Labute approximate surface area is 152 Å². The lowest BCUT2D eigenvalue weighted by Crippen LogP contribution is -2.23. The third-order valence-corrected chi connectivity index (χ3v) is 4.92. The van der Waals surface area contributed by atoms with Crippen LogP contribution in [0.25, 0.3) is 11.4 Å². The van der Waals surface area contributed by atoms with Gasteiger partial charge in [-0.25, -0.2) is 14.5 Å². The summed E-state index contributed by atoms with van der Waals surface area (Å²) in [4.78, 5) is 5.52. The fraction of sp³-hybridized carbons (Fsp3) is 0.0625. The average molecular weight is 402 g/mol. The minimum atomic E-state index is -4.74. The summed E-state index contributed by atoms with van der Waals surface area (Å²) in [6.07, 6.45) is -4.16. The van der Waals surface area contributed by atoms with Gasteiger partial charge in [-0.1, -0.05) is 41.9 Å². The zero-order valence-electron chi connectivity index (χ0n) is 12.9. The largest absolute Gasteiger partial charge is 0.434 e. The summed E-state index contributed by atoms with van der Waals surface area (Å²) in [6, 6.07) is 13.2. The van der Waals surface area contributed by atoms with Crippen molar-refractivity contribution in [2.75, 3.05) is 4.83 Å². The second-order valence-corrected chi connectivity index (χ2v) is 7.33. The van der Waals surface area contributed by atoms with Gasteiger partial charge in [-0.2, -0.15) is 21.6 Å². The molecule has 0 saturated carbocycles. The zero-order chi connectivity index (χ0) is 18.9. The predicted octanol–water partition coefficient (Wildman–Crippen LogP) is 4.15. The first-order valence-electron chi connectivity index (χ1n) is 7.17. The number of imidazole rings is 1. The van der Waals surface area contributed by atoms with Crippen LogP contribution in [0.2, 0.25) is 5.02 Å². The van der Waals surface area contributed by atoms with Crippen LogP contribution in [-0.4, -0.2) is 18.1 Å². The maximum absolute atomic E-state index is 13.1. The van der Waals surface area contributed by atoms with Gasteiger partial charge in [0.25, 0.3) is 10.0 Å². The normalized spacial score (nSPS) is 12.2. The predicted molar refractivity (Wildman–Crippen MR) is 90.7 cm³/mol. The van der Waals surface area contributed by atoms with Gasteiger partial charge in [-0.15, -0.1) is 0 Å². The number of nitrogens with zero attached hydrogens (tertiary/aromatic N) is 2. The first kappa shape index (κ1) is 18.3. The molecule has 1 aromatic heterocycles. The number of sulfonamides is 1. The van der Waals surface area contributed by atoms with E-state index in [2.05, 4.69) is 9.82 Å². The molecule has 1 heterocycles. The maximum atomic E-state index is 13.1. The molecule has 10 heteroatoms.